The van der Waals surface area contributed by atoms with Gasteiger partial charge in [0.25, 0.3) is 0 Å². The quantitative estimate of drug-likeness (QED) is 0.594. The molecule has 3 N–H and O–H groups in total. The molecule has 108 valence electrons. The van der Waals surface area contributed by atoms with E-state index >= 15 is 0 Å². The first kappa shape index (κ1) is 12.6. The topological polar surface area (TPSA) is 84.9 Å². The first-order valence-electron chi connectivity index (χ1n) is 6.93. The fourth-order valence-electron chi connectivity index (χ4n) is 2.88. The number of aromatic nitrogens is 5. The van der Waals surface area contributed by atoms with Crippen molar-refractivity contribution in [3.05, 3.63) is 54.7 Å². The molecule has 3 heterocycles. The Morgan fingerprint density at radius 3 is 2.73 bits per heavy atom. The van der Waals surface area contributed by atoms with Crippen LogP contribution in [0.25, 0.3) is 28.0 Å². The zero-order valence-electron chi connectivity index (χ0n) is 12.0. The van der Waals surface area contributed by atoms with Crippen LogP contribution in [0.15, 0.2) is 49.2 Å². The van der Waals surface area contributed by atoms with Crippen LogP contribution in [0.3, 0.4) is 0 Å². The van der Waals surface area contributed by atoms with Crippen LogP contribution in [0.2, 0.25) is 0 Å². The van der Waals surface area contributed by atoms with Crippen molar-refractivity contribution in [2.75, 3.05) is 5.73 Å². The first-order chi connectivity index (χ1) is 10.8. The highest BCUT2D eigenvalue weighted by atomic mass is 15.3. The fraction of sp³-hybridized carbons (Fsp3) is 0.0625. The van der Waals surface area contributed by atoms with Gasteiger partial charge in [0, 0.05) is 11.1 Å². The molecule has 0 aliphatic rings. The molecular formula is C16H14N6. The number of fused-ring (bicyclic) bond motifs is 1. The number of hydrogen-bond acceptors (Lipinski definition) is 4. The molecule has 0 bridgehead atoms. The third-order valence-electron chi connectivity index (χ3n) is 3.81. The van der Waals surface area contributed by atoms with Crippen molar-refractivity contribution in [2.24, 2.45) is 0 Å². The van der Waals surface area contributed by atoms with E-state index in [2.05, 4.69) is 39.1 Å². The second-order valence-electron chi connectivity index (χ2n) is 5.09. The summed E-state index contributed by atoms with van der Waals surface area (Å²) in [7, 11) is 0. The predicted molar refractivity (Wildman–Crippen MR) is 85.2 cm³/mol. The molecule has 4 rings (SSSR count). The molecule has 0 atom stereocenters. The molecule has 0 radical (unpaired) electrons. The number of hydrogen-bond donors (Lipinski definition) is 2. The van der Waals surface area contributed by atoms with Crippen molar-refractivity contribution in [1.82, 2.24) is 24.6 Å². The van der Waals surface area contributed by atoms with Crippen LogP contribution < -0.4 is 5.73 Å². The summed E-state index contributed by atoms with van der Waals surface area (Å²) in [5.74, 6) is 0.449. The Bertz CT molecular complexity index is 938. The van der Waals surface area contributed by atoms with E-state index in [4.69, 9.17) is 5.73 Å². The molecule has 0 saturated carbocycles. The largest absolute Gasteiger partial charge is 0.382 e. The van der Waals surface area contributed by atoms with Crippen molar-refractivity contribution in [2.45, 2.75) is 6.92 Å². The van der Waals surface area contributed by atoms with Gasteiger partial charge in [0.1, 0.15) is 11.8 Å². The van der Waals surface area contributed by atoms with Gasteiger partial charge >= 0.3 is 0 Å². The number of imidazole rings is 1. The van der Waals surface area contributed by atoms with Gasteiger partial charge in [-0.25, -0.2) is 14.5 Å². The van der Waals surface area contributed by atoms with Gasteiger partial charge in [-0.15, -0.1) is 0 Å². The van der Waals surface area contributed by atoms with Crippen molar-refractivity contribution < 1.29 is 0 Å². The van der Waals surface area contributed by atoms with E-state index in [1.165, 1.54) is 6.33 Å². The standard InChI is InChI=1S/C16H14N6/c1-10-13(12-7-18-8-19-12)15-16(17)20-9-21-22(15)14(10)11-5-3-2-4-6-11/h2-9H,1H3,(H,18,19)(H2,17,20,21). The van der Waals surface area contributed by atoms with Gasteiger partial charge < -0.3 is 10.7 Å². The minimum Gasteiger partial charge on any atom is -0.382 e. The van der Waals surface area contributed by atoms with Crippen LogP contribution in [-0.4, -0.2) is 24.6 Å². The summed E-state index contributed by atoms with van der Waals surface area (Å²) in [5.41, 5.74) is 12.0. The van der Waals surface area contributed by atoms with E-state index in [9.17, 15) is 0 Å². The number of rotatable bonds is 2. The number of benzene rings is 1. The Balaban J connectivity index is 2.16. The lowest BCUT2D eigenvalue weighted by Gasteiger charge is -2.03. The van der Waals surface area contributed by atoms with Gasteiger partial charge in [-0.1, -0.05) is 30.3 Å². The Morgan fingerprint density at radius 1 is 1.18 bits per heavy atom. The summed E-state index contributed by atoms with van der Waals surface area (Å²) in [6, 6.07) is 10.1. The van der Waals surface area contributed by atoms with Gasteiger partial charge in [0.05, 0.1) is 23.9 Å². The number of nitrogens with one attached hydrogen (secondary N) is 1. The van der Waals surface area contributed by atoms with Crippen LogP contribution in [0.1, 0.15) is 5.56 Å². The molecular weight excluding hydrogens is 276 g/mol. The summed E-state index contributed by atoms with van der Waals surface area (Å²) in [6.45, 7) is 2.06. The molecule has 0 aliphatic carbocycles. The average Bonchev–Trinajstić information content (AvgIpc) is 3.14. The molecule has 0 unspecified atom stereocenters. The van der Waals surface area contributed by atoms with E-state index in [1.807, 2.05) is 22.7 Å². The lowest BCUT2D eigenvalue weighted by molar-refractivity contribution is 0.912. The van der Waals surface area contributed by atoms with Crippen molar-refractivity contribution >= 4 is 11.3 Å². The second kappa shape index (κ2) is 4.70. The second-order valence-corrected chi connectivity index (χ2v) is 5.09. The maximum Gasteiger partial charge on any atom is 0.152 e. The highest BCUT2D eigenvalue weighted by Crippen LogP contribution is 2.37. The number of aromatic amines is 1. The summed E-state index contributed by atoms with van der Waals surface area (Å²) >= 11 is 0. The lowest BCUT2D eigenvalue weighted by atomic mass is 10.0. The number of H-pyrrole nitrogens is 1. The number of anilines is 1. The van der Waals surface area contributed by atoms with E-state index in [0.29, 0.717) is 5.82 Å². The third kappa shape index (κ3) is 1.70. The predicted octanol–water partition coefficient (Wildman–Crippen LogP) is 2.68. The maximum absolute atomic E-state index is 6.12. The first-order valence-corrected chi connectivity index (χ1v) is 6.93. The maximum atomic E-state index is 6.12. The summed E-state index contributed by atoms with van der Waals surface area (Å²) in [5, 5.41) is 4.40. The van der Waals surface area contributed by atoms with Gasteiger partial charge in [0.15, 0.2) is 5.82 Å². The van der Waals surface area contributed by atoms with Crippen LogP contribution in [0.5, 0.6) is 0 Å². The van der Waals surface area contributed by atoms with E-state index in [0.717, 1.165) is 33.6 Å². The minimum absolute atomic E-state index is 0.449. The van der Waals surface area contributed by atoms with Gasteiger partial charge in [0.2, 0.25) is 0 Å². The third-order valence-corrected chi connectivity index (χ3v) is 3.81. The zero-order chi connectivity index (χ0) is 15.1. The summed E-state index contributed by atoms with van der Waals surface area (Å²) in [4.78, 5) is 11.4. The molecule has 6 heteroatoms. The van der Waals surface area contributed by atoms with Crippen LogP contribution in [0.4, 0.5) is 5.82 Å². The molecule has 0 amide bonds. The molecule has 6 nitrogen and oxygen atoms in total. The molecule has 1 aromatic carbocycles. The molecule has 4 aromatic rings. The van der Waals surface area contributed by atoms with Crippen molar-refractivity contribution in [3.63, 3.8) is 0 Å². The highest BCUT2D eigenvalue weighted by Gasteiger charge is 2.21. The van der Waals surface area contributed by atoms with E-state index in [1.54, 1.807) is 12.5 Å². The molecule has 22 heavy (non-hydrogen) atoms. The highest BCUT2D eigenvalue weighted by molar-refractivity contribution is 5.93. The summed E-state index contributed by atoms with van der Waals surface area (Å²) in [6.07, 6.45) is 4.91. The Kier molecular flexibility index (Phi) is 2.69. The number of nitrogen functional groups attached to an aromatic ring is 1. The zero-order valence-corrected chi connectivity index (χ0v) is 12.0. The molecule has 0 spiro atoms. The minimum atomic E-state index is 0.449. The van der Waals surface area contributed by atoms with Gasteiger partial charge in [-0.2, -0.15) is 5.10 Å². The SMILES string of the molecule is Cc1c(-c2cnc[nH]2)c2c(N)ncnn2c1-c1ccccc1. The van der Waals surface area contributed by atoms with E-state index < -0.39 is 0 Å². The molecule has 0 saturated heterocycles. The number of nitrogens with two attached hydrogens (primary N) is 1. The Labute approximate surface area is 126 Å². The molecule has 0 aliphatic heterocycles. The normalized spacial score (nSPS) is 11.1. The van der Waals surface area contributed by atoms with Crippen LogP contribution in [-0.2, 0) is 0 Å². The van der Waals surface area contributed by atoms with Crippen LogP contribution in [0, 0.1) is 6.92 Å². The lowest BCUT2D eigenvalue weighted by Crippen LogP contribution is -2.00. The number of nitrogens with zero attached hydrogens (tertiary/aromatic N) is 4. The fourth-order valence-corrected chi connectivity index (χ4v) is 2.88. The average molecular weight is 290 g/mol. The smallest absolute Gasteiger partial charge is 0.152 e. The Morgan fingerprint density at radius 2 is 2.00 bits per heavy atom. The van der Waals surface area contributed by atoms with Gasteiger partial charge in [-0.3, -0.25) is 0 Å². The van der Waals surface area contributed by atoms with Gasteiger partial charge in [-0.05, 0) is 12.5 Å². The summed E-state index contributed by atoms with van der Waals surface area (Å²) < 4.78 is 1.85. The molecule has 3 aromatic heterocycles. The van der Waals surface area contributed by atoms with Crippen molar-refractivity contribution in [1.29, 1.82) is 0 Å². The monoisotopic (exact) mass is 290 g/mol. The Hall–Kier alpha value is -3.15. The van der Waals surface area contributed by atoms with Crippen LogP contribution >= 0.6 is 0 Å². The van der Waals surface area contributed by atoms with Crippen molar-refractivity contribution in [3.8, 4) is 22.5 Å². The van der Waals surface area contributed by atoms with E-state index in [-0.39, 0.29) is 0 Å². The molecule has 0 fully saturated rings.